The van der Waals surface area contributed by atoms with Crippen molar-refractivity contribution in [2.24, 2.45) is 5.41 Å². The van der Waals surface area contributed by atoms with E-state index in [1.54, 1.807) is 0 Å². The van der Waals surface area contributed by atoms with Gasteiger partial charge in [0.15, 0.2) is 5.78 Å². The van der Waals surface area contributed by atoms with Crippen molar-refractivity contribution in [1.82, 2.24) is 0 Å². The molecule has 0 atom stereocenters. The van der Waals surface area contributed by atoms with E-state index >= 15 is 0 Å². The molecule has 152 valence electrons. The molecule has 0 bridgehead atoms. The summed E-state index contributed by atoms with van der Waals surface area (Å²) in [4.78, 5) is 28.0. The van der Waals surface area contributed by atoms with E-state index in [4.69, 9.17) is 0 Å². The van der Waals surface area contributed by atoms with E-state index in [9.17, 15) is 9.59 Å². The van der Waals surface area contributed by atoms with E-state index in [0.717, 1.165) is 43.3 Å². The van der Waals surface area contributed by atoms with Crippen LogP contribution in [0.4, 0.5) is 11.4 Å². The summed E-state index contributed by atoms with van der Waals surface area (Å²) >= 11 is 0. The molecule has 0 radical (unpaired) electrons. The number of nitrogens with zero attached hydrogens (tertiary/aromatic N) is 2. The highest BCUT2D eigenvalue weighted by atomic mass is 16.1. The number of carbonyl (C=O) groups excluding carboxylic acids is 2. The van der Waals surface area contributed by atoms with Crippen LogP contribution in [0.15, 0.2) is 24.3 Å². The minimum absolute atomic E-state index is 0.220. The molecule has 4 heteroatoms. The molecule has 27 heavy (non-hydrogen) atoms. The quantitative estimate of drug-likeness (QED) is 0.477. The second kappa shape index (κ2) is 11.1. The Hall–Kier alpha value is -1.84. The van der Waals surface area contributed by atoms with Gasteiger partial charge in [-0.2, -0.15) is 0 Å². The number of Topliss-reactive ketones (excluding diaryl/α,β-unsaturated/α-hetero) is 1. The Morgan fingerprint density at radius 3 is 2.11 bits per heavy atom. The lowest BCUT2D eigenvalue weighted by molar-refractivity contribution is -0.124. The average Bonchev–Trinajstić information content (AvgIpc) is 2.61. The van der Waals surface area contributed by atoms with Crippen molar-refractivity contribution in [3.63, 3.8) is 0 Å². The van der Waals surface area contributed by atoms with Gasteiger partial charge in [-0.25, -0.2) is 0 Å². The smallest absolute Gasteiger partial charge is 0.157 e. The van der Waals surface area contributed by atoms with Gasteiger partial charge >= 0.3 is 0 Å². The normalized spacial score (nSPS) is 11.5. The van der Waals surface area contributed by atoms with Crippen LogP contribution in [-0.4, -0.2) is 38.2 Å². The lowest BCUT2D eigenvalue weighted by atomic mass is 9.90. The van der Waals surface area contributed by atoms with Crippen LogP contribution >= 0.6 is 0 Å². The van der Waals surface area contributed by atoms with Gasteiger partial charge in [0.1, 0.15) is 6.29 Å². The molecule has 0 saturated carbocycles. The maximum absolute atomic E-state index is 12.5. The summed E-state index contributed by atoms with van der Waals surface area (Å²) in [6, 6.07) is 8.67. The van der Waals surface area contributed by atoms with Crippen molar-refractivity contribution in [2.45, 2.75) is 72.8 Å². The molecule has 1 aromatic carbocycles. The summed E-state index contributed by atoms with van der Waals surface area (Å²) in [7, 11) is 1.98. The number of ketones is 1. The summed E-state index contributed by atoms with van der Waals surface area (Å²) in [6.45, 7) is 11.4. The highest BCUT2D eigenvalue weighted by Gasteiger charge is 2.25. The summed E-state index contributed by atoms with van der Waals surface area (Å²) < 4.78 is 0. The lowest BCUT2D eigenvalue weighted by Crippen LogP contribution is -2.39. The number of aldehydes is 1. The van der Waals surface area contributed by atoms with E-state index in [1.165, 1.54) is 0 Å². The van der Waals surface area contributed by atoms with Crippen LogP contribution in [0, 0.1) is 5.41 Å². The van der Waals surface area contributed by atoms with Gasteiger partial charge < -0.3 is 14.6 Å². The molecule has 0 aliphatic rings. The molecule has 1 aromatic rings. The minimum atomic E-state index is -0.354. The molecule has 0 aliphatic carbocycles. The monoisotopic (exact) mass is 374 g/mol. The average molecular weight is 375 g/mol. The van der Waals surface area contributed by atoms with Crippen molar-refractivity contribution in [2.75, 3.05) is 29.9 Å². The van der Waals surface area contributed by atoms with Crippen molar-refractivity contribution in [3.8, 4) is 0 Å². The van der Waals surface area contributed by atoms with Gasteiger partial charge in [-0.1, -0.05) is 59.6 Å². The molecule has 0 saturated heterocycles. The fourth-order valence-corrected chi connectivity index (χ4v) is 3.38. The highest BCUT2D eigenvalue weighted by molar-refractivity contribution is 5.89. The summed E-state index contributed by atoms with van der Waals surface area (Å²) in [6.07, 6.45) is 5.95. The van der Waals surface area contributed by atoms with Gasteiger partial charge in [0.25, 0.3) is 0 Å². The van der Waals surface area contributed by atoms with Crippen LogP contribution < -0.4 is 9.80 Å². The maximum Gasteiger partial charge on any atom is 0.157 e. The molecule has 0 fully saturated rings. The summed E-state index contributed by atoms with van der Waals surface area (Å²) in [5.74, 6) is 0.220. The van der Waals surface area contributed by atoms with E-state index in [1.807, 2.05) is 44.9 Å². The number of hydrogen-bond acceptors (Lipinski definition) is 4. The van der Waals surface area contributed by atoms with Crippen molar-refractivity contribution >= 4 is 23.4 Å². The zero-order valence-corrected chi connectivity index (χ0v) is 18.1. The second-order valence-corrected chi connectivity index (χ2v) is 8.40. The van der Waals surface area contributed by atoms with Crippen molar-refractivity contribution < 1.29 is 9.59 Å². The molecule has 0 spiro atoms. The highest BCUT2D eigenvalue weighted by Crippen LogP contribution is 2.32. The Balaban J connectivity index is 3.22. The first-order chi connectivity index (χ1) is 12.8. The van der Waals surface area contributed by atoms with E-state index in [0.29, 0.717) is 25.6 Å². The van der Waals surface area contributed by atoms with Gasteiger partial charge in [-0.05, 0) is 25.0 Å². The van der Waals surface area contributed by atoms with Gasteiger partial charge in [-0.15, -0.1) is 0 Å². The van der Waals surface area contributed by atoms with E-state index in [-0.39, 0.29) is 11.2 Å². The molecule has 0 unspecified atom stereocenters. The fourth-order valence-electron chi connectivity index (χ4n) is 3.38. The zero-order chi connectivity index (χ0) is 20.4. The minimum Gasteiger partial charge on any atom is -0.366 e. The Bertz CT molecular complexity index is 586. The zero-order valence-electron chi connectivity index (χ0n) is 18.1. The summed E-state index contributed by atoms with van der Waals surface area (Å²) in [5, 5.41) is 0. The Kier molecular flexibility index (Phi) is 9.54. The van der Waals surface area contributed by atoms with Crippen LogP contribution in [-0.2, 0) is 9.59 Å². The third kappa shape index (κ3) is 7.00. The number of benzene rings is 1. The number of likely N-dealkylation sites (N-methyl/N-ethyl adjacent to an activating group) is 1. The van der Waals surface area contributed by atoms with Gasteiger partial charge in [0, 0.05) is 31.5 Å². The van der Waals surface area contributed by atoms with Crippen LogP contribution in [0.3, 0.4) is 0 Å². The first kappa shape index (κ1) is 23.2. The summed E-state index contributed by atoms with van der Waals surface area (Å²) in [5.41, 5.74) is 1.82. The molecular formula is C23H38N2O2. The van der Waals surface area contributed by atoms with Crippen molar-refractivity contribution in [1.29, 1.82) is 0 Å². The fraction of sp³-hybridized carbons (Fsp3) is 0.652. The van der Waals surface area contributed by atoms with Gasteiger partial charge in [-0.3, -0.25) is 4.79 Å². The molecule has 0 amide bonds. The molecule has 0 heterocycles. The third-order valence-electron chi connectivity index (χ3n) is 4.99. The standard InChI is InChI=1S/C23H38N2O2/c1-7-12-19(13-8-2)25(16-11-17-26)21-15-10-9-14-20(21)24(6)18-22(27)23(3,4)5/h9-10,14-15,17,19H,7-8,11-13,16,18H2,1-6H3. The van der Waals surface area contributed by atoms with Crippen molar-refractivity contribution in [3.05, 3.63) is 24.3 Å². The number of anilines is 2. The predicted molar refractivity (Wildman–Crippen MR) is 116 cm³/mol. The molecule has 0 N–H and O–H groups in total. The Morgan fingerprint density at radius 2 is 1.63 bits per heavy atom. The van der Waals surface area contributed by atoms with Crippen LogP contribution in [0.1, 0.15) is 66.7 Å². The molecular weight excluding hydrogens is 336 g/mol. The number of para-hydroxylation sites is 2. The largest absolute Gasteiger partial charge is 0.366 e. The topological polar surface area (TPSA) is 40.6 Å². The Labute approximate surface area is 165 Å². The number of rotatable bonds is 12. The van der Waals surface area contributed by atoms with Gasteiger partial charge in [0.2, 0.25) is 0 Å². The maximum atomic E-state index is 12.5. The lowest BCUT2D eigenvalue weighted by Gasteiger charge is -2.37. The first-order valence-electron chi connectivity index (χ1n) is 10.3. The number of carbonyl (C=O) groups is 2. The van der Waals surface area contributed by atoms with Gasteiger partial charge in [0.05, 0.1) is 17.9 Å². The first-order valence-corrected chi connectivity index (χ1v) is 10.3. The van der Waals surface area contributed by atoms with Crippen LogP contribution in [0.25, 0.3) is 0 Å². The third-order valence-corrected chi connectivity index (χ3v) is 4.99. The SMILES string of the molecule is CCCC(CCC)N(CCC=O)c1ccccc1N(C)CC(=O)C(C)(C)C. The van der Waals surface area contributed by atoms with Crippen LogP contribution in [0.2, 0.25) is 0 Å². The van der Waals surface area contributed by atoms with Crippen LogP contribution in [0.5, 0.6) is 0 Å². The van der Waals surface area contributed by atoms with E-state index < -0.39 is 0 Å². The molecule has 0 aliphatic heterocycles. The Morgan fingerprint density at radius 1 is 1.07 bits per heavy atom. The molecule has 1 rings (SSSR count). The predicted octanol–water partition coefficient (Wildman–Crippen LogP) is 5.10. The molecule has 4 nitrogen and oxygen atoms in total. The second-order valence-electron chi connectivity index (χ2n) is 8.40. The number of hydrogen-bond donors (Lipinski definition) is 0. The molecule has 0 aromatic heterocycles. The van der Waals surface area contributed by atoms with E-state index in [2.05, 4.69) is 30.9 Å².